The first-order valence-corrected chi connectivity index (χ1v) is 6.79. The van der Waals surface area contributed by atoms with Gasteiger partial charge in [-0.3, -0.25) is 0 Å². The number of hydrogen-bond acceptors (Lipinski definition) is 3. The SMILES string of the molecule is CC(CN)NS(=O)(=O)c1c(Cl)cccc1Cl. The number of nitrogens with two attached hydrogens (primary N) is 1. The number of benzene rings is 1. The molecule has 0 amide bonds. The van der Waals surface area contributed by atoms with Gasteiger partial charge < -0.3 is 5.73 Å². The van der Waals surface area contributed by atoms with Crippen LogP contribution in [0.25, 0.3) is 0 Å². The van der Waals surface area contributed by atoms with Gasteiger partial charge in [0.25, 0.3) is 0 Å². The number of halogens is 2. The Morgan fingerprint density at radius 1 is 1.38 bits per heavy atom. The molecule has 7 heteroatoms. The smallest absolute Gasteiger partial charge is 0.243 e. The summed E-state index contributed by atoms with van der Waals surface area (Å²) in [5.74, 6) is 0. The molecule has 0 aliphatic rings. The minimum atomic E-state index is -3.73. The summed E-state index contributed by atoms with van der Waals surface area (Å²) >= 11 is 11.6. The highest BCUT2D eigenvalue weighted by Crippen LogP contribution is 2.28. The van der Waals surface area contributed by atoms with Crippen LogP contribution in [0.2, 0.25) is 10.0 Å². The van der Waals surface area contributed by atoms with Crippen molar-refractivity contribution in [3.63, 3.8) is 0 Å². The van der Waals surface area contributed by atoms with Crippen LogP contribution in [0, 0.1) is 0 Å². The summed E-state index contributed by atoms with van der Waals surface area (Å²) in [5, 5.41) is 0.174. The maximum atomic E-state index is 11.9. The molecule has 0 aliphatic heterocycles. The van der Waals surface area contributed by atoms with E-state index in [1.165, 1.54) is 12.1 Å². The van der Waals surface area contributed by atoms with Crippen LogP contribution in [0.15, 0.2) is 23.1 Å². The zero-order valence-electron chi connectivity index (χ0n) is 8.57. The first-order chi connectivity index (χ1) is 7.38. The van der Waals surface area contributed by atoms with Gasteiger partial charge in [0.15, 0.2) is 0 Å². The summed E-state index contributed by atoms with van der Waals surface area (Å²) in [6.45, 7) is 1.85. The third-order valence-electron chi connectivity index (χ3n) is 1.90. The molecule has 0 aromatic heterocycles. The maximum absolute atomic E-state index is 11.9. The standard InChI is InChI=1S/C9H12Cl2N2O2S/c1-6(5-12)13-16(14,15)9-7(10)3-2-4-8(9)11/h2-4,6,13H,5,12H2,1H3. The lowest BCUT2D eigenvalue weighted by atomic mass is 10.4. The molecule has 0 saturated carbocycles. The third-order valence-corrected chi connectivity index (χ3v) is 4.44. The molecule has 1 unspecified atom stereocenters. The fraction of sp³-hybridized carbons (Fsp3) is 0.333. The first-order valence-electron chi connectivity index (χ1n) is 4.55. The second-order valence-corrected chi connectivity index (χ2v) is 5.77. The summed E-state index contributed by atoms with van der Waals surface area (Å²) in [6, 6.07) is 4.14. The Labute approximate surface area is 105 Å². The van der Waals surface area contributed by atoms with Crippen LogP contribution in [-0.4, -0.2) is 21.0 Å². The second-order valence-electron chi connectivity index (χ2n) is 3.31. The van der Waals surface area contributed by atoms with E-state index in [1.54, 1.807) is 13.0 Å². The van der Waals surface area contributed by atoms with Crippen LogP contribution < -0.4 is 10.5 Å². The van der Waals surface area contributed by atoms with Gasteiger partial charge in [0, 0.05) is 12.6 Å². The zero-order valence-corrected chi connectivity index (χ0v) is 10.9. The highest BCUT2D eigenvalue weighted by Gasteiger charge is 2.22. The van der Waals surface area contributed by atoms with Crippen molar-refractivity contribution in [2.75, 3.05) is 6.54 Å². The molecule has 0 heterocycles. The minimum absolute atomic E-state index is 0.0872. The van der Waals surface area contributed by atoms with Gasteiger partial charge in [0.2, 0.25) is 10.0 Å². The van der Waals surface area contributed by atoms with E-state index in [0.717, 1.165) is 0 Å². The number of hydrogen-bond donors (Lipinski definition) is 2. The summed E-state index contributed by atoms with van der Waals surface area (Å²) in [6.07, 6.45) is 0. The molecule has 16 heavy (non-hydrogen) atoms. The van der Waals surface area contributed by atoms with Crippen LogP contribution >= 0.6 is 23.2 Å². The van der Waals surface area contributed by atoms with E-state index >= 15 is 0 Å². The van der Waals surface area contributed by atoms with Crippen molar-refractivity contribution >= 4 is 33.2 Å². The normalized spacial score (nSPS) is 13.8. The molecular formula is C9H12Cl2N2O2S. The third kappa shape index (κ3) is 3.09. The molecule has 4 nitrogen and oxygen atoms in total. The fourth-order valence-electron chi connectivity index (χ4n) is 1.11. The largest absolute Gasteiger partial charge is 0.329 e. The average Bonchev–Trinajstić information content (AvgIpc) is 2.16. The molecule has 0 radical (unpaired) electrons. The molecule has 1 aromatic carbocycles. The van der Waals surface area contributed by atoms with Gasteiger partial charge in [-0.2, -0.15) is 0 Å². The van der Waals surface area contributed by atoms with Gasteiger partial charge in [-0.15, -0.1) is 0 Å². The fourth-order valence-corrected chi connectivity index (χ4v) is 3.51. The second kappa shape index (κ2) is 5.33. The number of rotatable bonds is 4. The molecule has 0 spiro atoms. The predicted octanol–water partition coefficient (Wildman–Crippen LogP) is 1.62. The van der Waals surface area contributed by atoms with Crippen molar-refractivity contribution in [1.82, 2.24) is 4.72 Å². The van der Waals surface area contributed by atoms with Gasteiger partial charge in [-0.25, -0.2) is 13.1 Å². The Morgan fingerprint density at radius 2 is 1.88 bits per heavy atom. The lowest BCUT2D eigenvalue weighted by Gasteiger charge is -2.13. The predicted molar refractivity (Wildman–Crippen MR) is 65.3 cm³/mol. The van der Waals surface area contributed by atoms with E-state index in [2.05, 4.69) is 4.72 Å². The van der Waals surface area contributed by atoms with Crippen molar-refractivity contribution in [2.24, 2.45) is 5.73 Å². The topological polar surface area (TPSA) is 72.2 Å². The monoisotopic (exact) mass is 282 g/mol. The highest BCUT2D eigenvalue weighted by atomic mass is 35.5. The van der Waals surface area contributed by atoms with E-state index in [9.17, 15) is 8.42 Å². The van der Waals surface area contributed by atoms with Crippen molar-refractivity contribution in [2.45, 2.75) is 17.9 Å². The summed E-state index contributed by atoms with van der Waals surface area (Å²) < 4.78 is 26.2. The Kier molecular flexibility index (Phi) is 4.58. The Bertz CT molecular complexity index is 456. The number of sulfonamides is 1. The summed E-state index contributed by atoms with van der Waals surface area (Å²) in [7, 11) is -3.73. The molecule has 1 atom stereocenters. The van der Waals surface area contributed by atoms with Gasteiger partial charge in [0.05, 0.1) is 10.0 Å². The van der Waals surface area contributed by atoms with Gasteiger partial charge in [-0.05, 0) is 19.1 Å². The molecule has 90 valence electrons. The maximum Gasteiger partial charge on any atom is 0.243 e. The Balaban J connectivity index is 3.17. The molecule has 0 bridgehead atoms. The van der Waals surface area contributed by atoms with Crippen molar-refractivity contribution in [1.29, 1.82) is 0 Å². The molecule has 3 N–H and O–H groups in total. The Hall–Kier alpha value is -0.330. The minimum Gasteiger partial charge on any atom is -0.329 e. The summed E-state index contributed by atoms with van der Waals surface area (Å²) in [5.41, 5.74) is 5.34. The Morgan fingerprint density at radius 3 is 2.31 bits per heavy atom. The molecular weight excluding hydrogens is 271 g/mol. The zero-order chi connectivity index (χ0) is 12.3. The first kappa shape index (κ1) is 13.7. The molecule has 0 fully saturated rings. The van der Waals surface area contributed by atoms with Gasteiger partial charge in [-0.1, -0.05) is 29.3 Å². The van der Waals surface area contributed by atoms with Crippen molar-refractivity contribution in [3.05, 3.63) is 28.2 Å². The quantitative estimate of drug-likeness (QED) is 0.882. The molecule has 0 saturated heterocycles. The van der Waals surface area contributed by atoms with Crippen LogP contribution in [0.5, 0.6) is 0 Å². The lowest BCUT2D eigenvalue weighted by Crippen LogP contribution is -2.37. The van der Waals surface area contributed by atoms with Gasteiger partial charge >= 0.3 is 0 Å². The van der Waals surface area contributed by atoms with E-state index in [1.807, 2.05) is 0 Å². The van der Waals surface area contributed by atoms with E-state index in [4.69, 9.17) is 28.9 Å². The lowest BCUT2D eigenvalue weighted by molar-refractivity contribution is 0.563. The van der Waals surface area contributed by atoms with E-state index < -0.39 is 10.0 Å². The van der Waals surface area contributed by atoms with Crippen LogP contribution in [-0.2, 0) is 10.0 Å². The molecule has 0 aliphatic carbocycles. The highest BCUT2D eigenvalue weighted by molar-refractivity contribution is 7.89. The van der Waals surface area contributed by atoms with Crippen LogP contribution in [0.3, 0.4) is 0 Å². The molecule has 1 aromatic rings. The van der Waals surface area contributed by atoms with Crippen molar-refractivity contribution in [3.8, 4) is 0 Å². The van der Waals surface area contributed by atoms with E-state index in [-0.39, 0.29) is 27.5 Å². The van der Waals surface area contributed by atoms with Crippen LogP contribution in [0.1, 0.15) is 6.92 Å². The van der Waals surface area contributed by atoms with Crippen molar-refractivity contribution < 1.29 is 8.42 Å². The van der Waals surface area contributed by atoms with Gasteiger partial charge in [0.1, 0.15) is 4.90 Å². The summed E-state index contributed by atoms with van der Waals surface area (Å²) in [4.78, 5) is -0.112. The molecule has 1 rings (SSSR count). The van der Waals surface area contributed by atoms with E-state index in [0.29, 0.717) is 0 Å². The average molecular weight is 283 g/mol. The number of nitrogens with one attached hydrogen (secondary N) is 1. The van der Waals surface area contributed by atoms with Crippen LogP contribution in [0.4, 0.5) is 0 Å².